The van der Waals surface area contributed by atoms with Crippen LogP contribution in [0.15, 0.2) is 58.8 Å². The van der Waals surface area contributed by atoms with Gasteiger partial charge >= 0.3 is 0 Å². The average molecular weight is 458 g/mol. The zero-order valence-corrected chi connectivity index (χ0v) is 18.1. The third kappa shape index (κ3) is 4.41. The second-order valence-electron chi connectivity index (χ2n) is 6.97. The highest BCUT2D eigenvalue weighted by molar-refractivity contribution is 9.10. The number of ketones is 1. The molecule has 1 fully saturated rings. The van der Waals surface area contributed by atoms with Gasteiger partial charge in [-0.05, 0) is 49.2 Å². The van der Waals surface area contributed by atoms with E-state index in [1.165, 1.54) is 17.3 Å². The molecule has 0 bridgehead atoms. The van der Waals surface area contributed by atoms with Crippen molar-refractivity contribution >= 4 is 33.4 Å². The number of benzene rings is 1. The lowest BCUT2D eigenvalue weighted by Crippen LogP contribution is -3.12. The van der Waals surface area contributed by atoms with Crippen molar-refractivity contribution in [3.8, 4) is 0 Å². The summed E-state index contributed by atoms with van der Waals surface area (Å²) in [6, 6.07) is 9.85. The van der Waals surface area contributed by atoms with E-state index >= 15 is 0 Å². The average Bonchev–Trinajstić information content (AvgIpc) is 2.99. The van der Waals surface area contributed by atoms with Gasteiger partial charge in [0, 0.05) is 22.4 Å². The topological polar surface area (TPSA) is 77.8 Å². The summed E-state index contributed by atoms with van der Waals surface area (Å²) in [5, 5.41) is 13.2. The number of aromatic nitrogens is 1. The van der Waals surface area contributed by atoms with Crippen LogP contribution in [0.5, 0.6) is 0 Å². The molecule has 1 amide bonds. The Kier molecular flexibility index (Phi) is 6.82. The van der Waals surface area contributed by atoms with Gasteiger partial charge in [0.1, 0.15) is 0 Å². The van der Waals surface area contributed by atoms with Crippen LogP contribution in [0.3, 0.4) is 0 Å². The minimum Gasteiger partial charge on any atom is -0.872 e. The van der Waals surface area contributed by atoms with Gasteiger partial charge in [0.15, 0.2) is 0 Å². The minimum atomic E-state index is -0.716. The molecule has 0 spiro atoms. The second kappa shape index (κ2) is 9.33. The molecular formula is C22H24BrN3O3. The number of rotatable bonds is 7. The Morgan fingerprint density at radius 3 is 2.48 bits per heavy atom. The summed E-state index contributed by atoms with van der Waals surface area (Å²) in [6.45, 7) is 7.17. The lowest BCUT2D eigenvalue weighted by atomic mass is 9.95. The Balaban J connectivity index is 2.09. The summed E-state index contributed by atoms with van der Waals surface area (Å²) in [6.07, 6.45) is 3.01. The summed E-state index contributed by atoms with van der Waals surface area (Å²) in [7, 11) is 0. The number of amides is 1. The zero-order valence-electron chi connectivity index (χ0n) is 16.5. The molecule has 1 aromatic heterocycles. The van der Waals surface area contributed by atoms with Crippen molar-refractivity contribution in [1.82, 2.24) is 9.88 Å². The van der Waals surface area contributed by atoms with E-state index in [0.717, 1.165) is 23.1 Å². The van der Waals surface area contributed by atoms with Gasteiger partial charge in [-0.15, -0.1) is 0 Å². The monoisotopic (exact) mass is 457 g/mol. The number of likely N-dealkylation sites (N-methyl/N-ethyl adjacent to an activating group) is 1. The Hall–Kier alpha value is -2.51. The first kappa shape index (κ1) is 21.2. The van der Waals surface area contributed by atoms with Crippen molar-refractivity contribution < 1.29 is 19.6 Å². The van der Waals surface area contributed by atoms with E-state index in [1.807, 2.05) is 24.3 Å². The van der Waals surface area contributed by atoms with E-state index in [4.69, 9.17) is 0 Å². The number of nitrogens with zero attached hydrogens (tertiary/aromatic N) is 2. The van der Waals surface area contributed by atoms with Crippen LogP contribution in [0.1, 0.15) is 31.0 Å². The molecule has 29 heavy (non-hydrogen) atoms. The molecule has 0 radical (unpaired) electrons. The fourth-order valence-electron chi connectivity index (χ4n) is 3.67. The van der Waals surface area contributed by atoms with Gasteiger partial charge in [0.05, 0.1) is 32.2 Å². The molecule has 6 nitrogen and oxygen atoms in total. The van der Waals surface area contributed by atoms with Crippen LogP contribution in [0, 0.1) is 0 Å². The van der Waals surface area contributed by atoms with Crippen molar-refractivity contribution in [3.63, 3.8) is 0 Å². The van der Waals surface area contributed by atoms with Crippen LogP contribution in [-0.4, -0.2) is 47.8 Å². The predicted octanol–water partition coefficient (Wildman–Crippen LogP) is 0.993. The number of hydrogen-bond donors (Lipinski definition) is 1. The molecule has 0 saturated carbocycles. The number of pyridine rings is 1. The van der Waals surface area contributed by atoms with Crippen molar-refractivity contribution in [2.45, 2.75) is 19.9 Å². The summed E-state index contributed by atoms with van der Waals surface area (Å²) < 4.78 is 0.826. The van der Waals surface area contributed by atoms with E-state index in [-0.39, 0.29) is 5.57 Å². The molecule has 7 heteroatoms. The molecule has 2 aromatic rings. The molecule has 1 unspecified atom stereocenters. The van der Waals surface area contributed by atoms with E-state index in [2.05, 4.69) is 34.8 Å². The first-order chi connectivity index (χ1) is 14.0. The van der Waals surface area contributed by atoms with E-state index in [9.17, 15) is 14.7 Å². The van der Waals surface area contributed by atoms with Gasteiger partial charge in [-0.2, -0.15) is 0 Å². The van der Waals surface area contributed by atoms with Crippen molar-refractivity contribution in [3.05, 3.63) is 70.0 Å². The van der Waals surface area contributed by atoms with Gasteiger partial charge in [-0.3, -0.25) is 14.6 Å². The maximum Gasteiger partial charge on any atom is 0.295 e. The molecule has 1 saturated heterocycles. The highest BCUT2D eigenvalue weighted by Crippen LogP contribution is 2.38. The predicted molar refractivity (Wildman–Crippen MR) is 112 cm³/mol. The molecule has 0 aliphatic carbocycles. The van der Waals surface area contributed by atoms with E-state index < -0.39 is 23.5 Å². The standard InChI is InChI=1S/C22H24BrN3O3/c1-3-25(4-2)12-13-26-19(16-6-5-7-17(23)14-16)18(21(28)22(26)29)20(27)15-8-10-24-11-9-15/h5-11,14,19,27H,3-4,12-13H2,1-2H3. The van der Waals surface area contributed by atoms with Crippen molar-refractivity contribution in [1.29, 1.82) is 0 Å². The molecule has 1 aromatic carbocycles. The number of Topliss-reactive ketones (excluding diaryl/α,β-unsaturated/α-hetero) is 1. The number of carbonyl (C=O) groups excluding carboxylic acids is 2. The number of likely N-dealkylation sites (tertiary alicyclic amines) is 1. The molecule has 1 aliphatic heterocycles. The summed E-state index contributed by atoms with van der Waals surface area (Å²) in [5.74, 6) is -1.75. The van der Waals surface area contributed by atoms with E-state index in [1.54, 1.807) is 17.0 Å². The van der Waals surface area contributed by atoms with Crippen molar-refractivity contribution in [2.24, 2.45) is 0 Å². The van der Waals surface area contributed by atoms with Gasteiger partial charge in [-0.1, -0.05) is 33.8 Å². The van der Waals surface area contributed by atoms with Crippen LogP contribution < -0.4 is 10.0 Å². The third-order valence-electron chi connectivity index (χ3n) is 5.34. The minimum absolute atomic E-state index is 0.00819. The fourth-order valence-corrected chi connectivity index (χ4v) is 4.08. The smallest absolute Gasteiger partial charge is 0.295 e. The molecule has 2 heterocycles. The molecule has 3 rings (SSSR count). The van der Waals surface area contributed by atoms with Crippen LogP contribution in [0.25, 0.3) is 5.76 Å². The number of carbonyl (C=O) groups is 2. The normalized spacial score (nSPS) is 18.6. The largest absolute Gasteiger partial charge is 0.872 e. The molecule has 1 atom stereocenters. The van der Waals surface area contributed by atoms with Gasteiger partial charge in [0.2, 0.25) is 5.78 Å². The Morgan fingerprint density at radius 1 is 1.17 bits per heavy atom. The maximum absolute atomic E-state index is 13.2. The lowest BCUT2D eigenvalue weighted by Gasteiger charge is -2.28. The number of nitrogens with one attached hydrogen (secondary N) is 1. The summed E-state index contributed by atoms with van der Waals surface area (Å²) in [4.78, 5) is 32.6. The number of hydrogen-bond acceptors (Lipinski definition) is 4. The van der Waals surface area contributed by atoms with Crippen LogP contribution in [0.4, 0.5) is 0 Å². The number of halogens is 1. The third-order valence-corrected chi connectivity index (χ3v) is 5.84. The maximum atomic E-state index is 13.2. The summed E-state index contributed by atoms with van der Waals surface area (Å²) >= 11 is 3.45. The fraction of sp³-hybridized carbons (Fsp3) is 0.318. The van der Waals surface area contributed by atoms with Crippen LogP contribution in [0.2, 0.25) is 0 Å². The summed E-state index contributed by atoms with van der Waals surface area (Å²) in [5.41, 5.74) is 1.10. The second-order valence-corrected chi connectivity index (χ2v) is 7.89. The Labute approximate surface area is 179 Å². The first-order valence-electron chi connectivity index (χ1n) is 9.73. The SMILES string of the molecule is CC[NH+](CC)CCN1C(=O)C(=O)C(=C([O-])c2ccncc2)C1c1cccc(Br)c1. The Morgan fingerprint density at radius 2 is 1.86 bits per heavy atom. The molecule has 1 aliphatic rings. The van der Waals surface area contributed by atoms with E-state index in [0.29, 0.717) is 18.7 Å². The first-order valence-corrected chi connectivity index (χ1v) is 10.5. The highest BCUT2D eigenvalue weighted by Gasteiger charge is 2.44. The van der Waals surface area contributed by atoms with Gasteiger partial charge < -0.3 is 14.9 Å². The Bertz CT molecular complexity index is 926. The molecule has 152 valence electrons. The van der Waals surface area contributed by atoms with Gasteiger partial charge in [0.25, 0.3) is 5.91 Å². The highest BCUT2D eigenvalue weighted by atomic mass is 79.9. The number of quaternary nitrogens is 1. The van der Waals surface area contributed by atoms with Gasteiger partial charge in [-0.25, -0.2) is 0 Å². The van der Waals surface area contributed by atoms with Crippen LogP contribution in [-0.2, 0) is 9.59 Å². The molecular weight excluding hydrogens is 434 g/mol. The molecule has 1 N–H and O–H groups in total. The lowest BCUT2D eigenvalue weighted by molar-refractivity contribution is -0.895. The van der Waals surface area contributed by atoms with Crippen molar-refractivity contribution in [2.75, 3.05) is 26.2 Å². The van der Waals surface area contributed by atoms with Crippen LogP contribution >= 0.6 is 15.9 Å². The quantitative estimate of drug-likeness (QED) is 0.382. The zero-order chi connectivity index (χ0) is 21.0.